The summed E-state index contributed by atoms with van der Waals surface area (Å²) in [6.45, 7) is 0. The Bertz CT molecular complexity index is 454. The van der Waals surface area contributed by atoms with Crippen LogP contribution in [0, 0.1) is 0 Å². The van der Waals surface area contributed by atoms with Crippen LogP contribution >= 0.6 is 0 Å². The second-order valence-corrected chi connectivity index (χ2v) is 3.55. The van der Waals surface area contributed by atoms with E-state index in [0.29, 0.717) is 0 Å². The van der Waals surface area contributed by atoms with Crippen molar-refractivity contribution in [2.24, 2.45) is 5.73 Å². The topological polar surface area (TPSA) is 103 Å². The van der Waals surface area contributed by atoms with Crippen molar-refractivity contribution in [2.45, 2.75) is 18.9 Å². The number of nitrogens with two attached hydrogens (primary N) is 1. The summed E-state index contributed by atoms with van der Waals surface area (Å²) in [7, 11) is 0. The van der Waals surface area contributed by atoms with Crippen LogP contribution in [0.5, 0.6) is 5.75 Å². The molecule has 1 aliphatic carbocycles. The maximum absolute atomic E-state index is 11.0. The Labute approximate surface area is 91.0 Å². The summed E-state index contributed by atoms with van der Waals surface area (Å²) in [4.78, 5) is 25.8. The lowest BCUT2D eigenvalue weighted by atomic mass is 10.1. The molecular formula is C10H10N2O4. The molecule has 1 saturated carbocycles. The number of aromatic carboxylic acids is 1. The van der Waals surface area contributed by atoms with E-state index in [2.05, 4.69) is 4.98 Å². The van der Waals surface area contributed by atoms with Crippen LogP contribution in [0.1, 0.15) is 33.6 Å². The third kappa shape index (κ3) is 1.95. The van der Waals surface area contributed by atoms with Crippen LogP contribution in [-0.2, 0) is 0 Å². The van der Waals surface area contributed by atoms with Gasteiger partial charge in [0.1, 0.15) is 5.56 Å². The molecule has 16 heavy (non-hydrogen) atoms. The normalized spacial score (nSPS) is 14.5. The van der Waals surface area contributed by atoms with E-state index < -0.39 is 11.9 Å². The number of nitrogens with zero attached hydrogens (tertiary/aromatic N) is 1. The number of aromatic nitrogens is 1. The van der Waals surface area contributed by atoms with Crippen molar-refractivity contribution < 1.29 is 19.4 Å². The molecule has 1 aromatic heterocycles. The molecular weight excluding hydrogens is 212 g/mol. The van der Waals surface area contributed by atoms with E-state index in [-0.39, 0.29) is 23.0 Å². The van der Waals surface area contributed by atoms with Gasteiger partial charge in [-0.1, -0.05) is 0 Å². The minimum atomic E-state index is -1.24. The Morgan fingerprint density at radius 2 is 2.12 bits per heavy atom. The number of primary amides is 1. The minimum absolute atomic E-state index is 0.0306. The van der Waals surface area contributed by atoms with Crippen LogP contribution in [0.25, 0.3) is 0 Å². The molecule has 0 spiro atoms. The number of pyridine rings is 1. The van der Waals surface area contributed by atoms with Gasteiger partial charge in [0.15, 0.2) is 5.75 Å². The van der Waals surface area contributed by atoms with Crippen LogP contribution < -0.4 is 10.5 Å². The Hall–Kier alpha value is -2.11. The van der Waals surface area contributed by atoms with Crippen LogP contribution in [0.2, 0.25) is 0 Å². The van der Waals surface area contributed by atoms with Gasteiger partial charge in [-0.2, -0.15) is 0 Å². The van der Waals surface area contributed by atoms with Gasteiger partial charge in [-0.3, -0.25) is 9.78 Å². The fourth-order valence-electron chi connectivity index (χ4n) is 1.30. The highest BCUT2D eigenvalue weighted by Crippen LogP contribution is 2.29. The predicted molar refractivity (Wildman–Crippen MR) is 53.4 cm³/mol. The summed E-state index contributed by atoms with van der Waals surface area (Å²) in [6, 6.07) is 0. The third-order valence-corrected chi connectivity index (χ3v) is 2.21. The second kappa shape index (κ2) is 3.80. The monoisotopic (exact) mass is 222 g/mol. The largest absolute Gasteiger partial charge is 0.488 e. The Morgan fingerprint density at radius 3 is 2.62 bits per heavy atom. The molecule has 1 heterocycles. The first-order valence-electron chi connectivity index (χ1n) is 4.77. The first-order valence-corrected chi connectivity index (χ1v) is 4.77. The molecule has 1 fully saturated rings. The zero-order valence-electron chi connectivity index (χ0n) is 8.34. The van der Waals surface area contributed by atoms with E-state index in [1.807, 2.05) is 0 Å². The molecule has 6 heteroatoms. The van der Waals surface area contributed by atoms with Gasteiger partial charge in [0, 0.05) is 6.20 Å². The standard InChI is InChI=1S/C10H10N2O4/c11-9(13)6-3-12-4-7(8(6)10(14)15)16-5-1-2-5/h3-5H,1-2H2,(H2,11,13)(H,14,15). The fourth-order valence-corrected chi connectivity index (χ4v) is 1.30. The number of carbonyl (C=O) groups is 2. The molecule has 1 amide bonds. The Kier molecular flexibility index (Phi) is 2.47. The molecule has 6 nitrogen and oxygen atoms in total. The summed E-state index contributed by atoms with van der Waals surface area (Å²) in [5.41, 5.74) is 4.72. The van der Waals surface area contributed by atoms with Gasteiger partial charge >= 0.3 is 5.97 Å². The number of ether oxygens (including phenoxy) is 1. The molecule has 0 bridgehead atoms. The van der Waals surface area contributed by atoms with Gasteiger partial charge in [0.25, 0.3) is 5.91 Å². The molecule has 84 valence electrons. The molecule has 0 unspecified atom stereocenters. The number of carboxylic acid groups (broad SMARTS) is 1. The van der Waals surface area contributed by atoms with E-state index >= 15 is 0 Å². The smallest absolute Gasteiger partial charge is 0.340 e. The van der Waals surface area contributed by atoms with E-state index in [1.54, 1.807) is 0 Å². The van der Waals surface area contributed by atoms with E-state index in [9.17, 15) is 9.59 Å². The van der Waals surface area contributed by atoms with E-state index in [0.717, 1.165) is 19.0 Å². The number of hydrogen-bond acceptors (Lipinski definition) is 4. The first kappa shape index (κ1) is 10.4. The maximum atomic E-state index is 11.0. The van der Waals surface area contributed by atoms with Crippen LogP contribution in [0.15, 0.2) is 12.4 Å². The summed E-state index contributed by atoms with van der Waals surface area (Å²) in [6.07, 6.45) is 4.22. The number of hydrogen-bond donors (Lipinski definition) is 2. The molecule has 0 atom stereocenters. The van der Waals surface area contributed by atoms with Crippen molar-refractivity contribution in [3.63, 3.8) is 0 Å². The van der Waals surface area contributed by atoms with Gasteiger partial charge in [-0.05, 0) is 12.8 Å². The first-order chi connectivity index (χ1) is 7.59. The summed E-state index contributed by atoms with van der Waals surface area (Å²) < 4.78 is 5.36. The van der Waals surface area contributed by atoms with Crippen LogP contribution in [0.4, 0.5) is 0 Å². The molecule has 0 saturated heterocycles. The number of carboxylic acids is 1. The second-order valence-electron chi connectivity index (χ2n) is 3.55. The van der Waals surface area contributed by atoms with Crippen LogP contribution in [-0.4, -0.2) is 28.1 Å². The molecule has 2 rings (SSSR count). The van der Waals surface area contributed by atoms with Gasteiger partial charge in [0.05, 0.1) is 17.9 Å². The van der Waals surface area contributed by atoms with Gasteiger partial charge < -0.3 is 15.6 Å². The van der Waals surface area contributed by atoms with Gasteiger partial charge in [0.2, 0.25) is 0 Å². The summed E-state index contributed by atoms with van der Waals surface area (Å²) in [5.74, 6) is -1.97. The summed E-state index contributed by atoms with van der Waals surface area (Å²) >= 11 is 0. The van der Waals surface area contributed by atoms with Crippen molar-refractivity contribution in [3.05, 3.63) is 23.5 Å². The molecule has 0 aromatic carbocycles. The zero-order chi connectivity index (χ0) is 11.7. The zero-order valence-corrected chi connectivity index (χ0v) is 8.34. The summed E-state index contributed by atoms with van der Waals surface area (Å²) in [5, 5.41) is 9.01. The maximum Gasteiger partial charge on any atom is 0.340 e. The highest BCUT2D eigenvalue weighted by molar-refractivity contribution is 6.05. The van der Waals surface area contributed by atoms with Crippen molar-refractivity contribution in [1.82, 2.24) is 4.98 Å². The van der Waals surface area contributed by atoms with Crippen molar-refractivity contribution >= 4 is 11.9 Å². The van der Waals surface area contributed by atoms with Crippen molar-refractivity contribution in [1.29, 1.82) is 0 Å². The lowest BCUT2D eigenvalue weighted by molar-refractivity contribution is 0.0686. The number of rotatable bonds is 4. The lowest BCUT2D eigenvalue weighted by Gasteiger charge is -2.09. The highest BCUT2D eigenvalue weighted by Gasteiger charge is 2.28. The highest BCUT2D eigenvalue weighted by atomic mass is 16.5. The molecule has 0 radical (unpaired) electrons. The Morgan fingerprint density at radius 1 is 1.44 bits per heavy atom. The SMILES string of the molecule is NC(=O)c1cncc(OC2CC2)c1C(=O)O. The lowest BCUT2D eigenvalue weighted by Crippen LogP contribution is -2.18. The van der Waals surface area contributed by atoms with Gasteiger partial charge in [-0.25, -0.2) is 4.79 Å². The third-order valence-electron chi connectivity index (χ3n) is 2.21. The van der Waals surface area contributed by atoms with E-state index in [4.69, 9.17) is 15.6 Å². The van der Waals surface area contributed by atoms with Crippen molar-refractivity contribution in [3.8, 4) is 5.75 Å². The van der Waals surface area contributed by atoms with Crippen LogP contribution in [0.3, 0.4) is 0 Å². The molecule has 1 aliphatic rings. The number of amides is 1. The average Bonchev–Trinajstić information content (AvgIpc) is 3.00. The predicted octanol–water partition coefficient (Wildman–Crippen LogP) is 0.420. The Balaban J connectivity index is 2.45. The minimum Gasteiger partial charge on any atom is -0.488 e. The molecule has 0 aliphatic heterocycles. The number of carbonyl (C=O) groups excluding carboxylic acids is 1. The van der Waals surface area contributed by atoms with Crippen molar-refractivity contribution in [2.75, 3.05) is 0 Å². The molecule has 1 aromatic rings. The van der Waals surface area contributed by atoms with Gasteiger partial charge in [-0.15, -0.1) is 0 Å². The van der Waals surface area contributed by atoms with E-state index in [1.165, 1.54) is 6.20 Å². The molecule has 3 N–H and O–H groups in total. The quantitative estimate of drug-likeness (QED) is 0.768. The fraction of sp³-hybridized carbons (Fsp3) is 0.300. The average molecular weight is 222 g/mol.